The molecule has 0 aromatic heterocycles. The number of hydrogen-bond donors (Lipinski definition) is 0. The molecule has 0 aliphatic carbocycles. The van der Waals surface area contributed by atoms with Crippen molar-refractivity contribution in [2.24, 2.45) is 5.16 Å². The standard InChI is InChI=1S/C13H9ClN2OS/c1-17-16-13-7-6-12(18-13)11(8-15)9-2-4-10(14)5-3-9/h2-7H,1H3/b12-11+,16-13?. The topological polar surface area (TPSA) is 45.4 Å². The van der Waals surface area contributed by atoms with Gasteiger partial charge in [-0.3, -0.25) is 0 Å². The van der Waals surface area contributed by atoms with Gasteiger partial charge in [-0.05, 0) is 29.8 Å². The second kappa shape index (κ2) is 5.76. The Morgan fingerprint density at radius 3 is 2.67 bits per heavy atom. The van der Waals surface area contributed by atoms with Crippen LogP contribution in [0.25, 0.3) is 5.57 Å². The highest BCUT2D eigenvalue weighted by atomic mass is 35.5. The molecule has 0 atom stereocenters. The zero-order valence-electron chi connectivity index (χ0n) is 9.55. The van der Waals surface area contributed by atoms with E-state index in [1.165, 1.54) is 18.9 Å². The van der Waals surface area contributed by atoms with Crippen molar-refractivity contribution in [2.75, 3.05) is 7.11 Å². The number of oxime groups is 1. The summed E-state index contributed by atoms with van der Waals surface area (Å²) in [6, 6.07) is 9.40. The van der Waals surface area contributed by atoms with Crippen LogP contribution in [0.5, 0.6) is 0 Å². The van der Waals surface area contributed by atoms with E-state index in [4.69, 9.17) is 16.4 Å². The quantitative estimate of drug-likeness (QED) is 0.609. The fourth-order valence-corrected chi connectivity index (χ4v) is 2.48. The van der Waals surface area contributed by atoms with Gasteiger partial charge in [-0.15, -0.1) is 0 Å². The normalized spacial score (nSPS) is 18.8. The molecule has 0 saturated carbocycles. The molecule has 1 aromatic rings. The summed E-state index contributed by atoms with van der Waals surface area (Å²) in [5.74, 6) is 0. The number of rotatable bonds is 2. The summed E-state index contributed by atoms with van der Waals surface area (Å²) in [7, 11) is 1.49. The first kappa shape index (κ1) is 12.7. The van der Waals surface area contributed by atoms with E-state index in [-0.39, 0.29) is 0 Å². The predicted octanol–water partition coefficient (Wildman–Crippen LogP) is 3.84. The van der Waals surface area contributed by atoms with E-state index < -0.39 is 0 Å². The zero-order chi connectivity index (χ0) is 13.0. The van der Waals surface area contributed by atoms with Gasteiger partial charge in [0.05, 0.1) is 5.57 Å². The molecule has 0 N–H and O–H groups in total. The Hall–Kier alpha value is -1.70. The SMILES string of the molecule is CON=C1C=C/C(=C(/C#N)c2ccc(Cl)cc2)S1. The van der Waals surface area contributed by atoms with Crippen LogP contribution in [0.1, 0.15) is 5.56 Å². The Morgan fingerprint density at radius 2 is 2.06 bits per heavy atom. The highest BCUT2D eigenvalue weighted by molar-refractivity contribution is 8.18. The first-order valence-corrected chi connectivity index (χ1v) is 6.31. The van der Waals surface area contributed by atoms with Crippen molar-refractivity contribution in [3.8, 4) is 6.07 Å². The van der Waals surface area contributed by atoms with Crippen molar-refractivity contribution >= 4 is 34.0 Å². The lowest BCUT2D eigenvalue weighted by Gasteiger charge is -2.02. The molecule has 2 rings (SSSR count). The van der Waals surface area contributed by atoms with Gasteiger partial charge in [0.25, 0.3) is 0 Å². The van der Waals surface area contributed by atoms with E-state index >= 15 is 0 Å². The largest absolute Gasteiger partial charge is 0.398 e. The number of halogens is 1. The van der Waals surface area contributed by atoms with Gasteiger partial charge in [-0.2, -0.15) is 5.26 Å². The molecular weight excluding hydrogens is 268 g/mol. The van der Waals surface area contributed by atoms with E-state index in [0.29, 0.717) is 10.6 Å². The van der Waals surface area contributed by atoms with Crippen LogP contribution in [-0.4, -0.2) is 12.2 Å². The van der Waals surface area contributed by atoms with Crippen LogP contribution in [0, 0.1) is 11.3 Å². The van der Waals surface area contributed by atoms with E-state index in [0.717, 1.165) is 15.5 Å². The summed E-state index contributed by atoms with van der Waals surface area (Å²) in [6.45, 7) is 0. The lowest BCUT2D eigenvalue weighted by molar-refractivity contribution is 0.215. The number of thioether (sulfide) groups is 1. The summed E-state index contributed by atoms with van der Waals surface area (Å²) in [5.41, 5.74) is 1.45. The van der Waals surface area contributed by atoms with Gasteiger partial charge in [0.15, 0.2) is 0 Å². The number of hydrogen-bond acceptors (Lipinski definition) is 4. The Bertz CT molecular complexity index is 582. The van der Waals surface area contributed by atoms with E-state index in [9.17, 15) is 5.26 Å². The number of benzene rings is 1. The second-order valence-corrected chi connectivity index (χ2v) is 4.90. The van der Waals surface area contributed by atoms with Gasteiger partial charge in [0, 0.05) is 9.93 Å². The van der Waals surface area contributed by atoms with Crippen LogP contribution in [0.3, 0.4) is 0 Å². The maximum atomic E-state index is 9.27. The molecule has 18 heavy (non-hydrogen) atoms. The minimum atomic E-state index is 0.606. The van der Waals surface area contributed by atoms with Crippen LogP contribution in [-0.2, 0) is 4.84 Å². The molecule has 0 fully saturated rings. The van der Waals surface area contributed by atoms with Crippen LogP contribution >= 0.6 is 23.4 Å². The molecule has 0 saturated heterocycles. The first-order chi connectivity index (χ1) is 8.74. The molecule has 0 amide bonds. The van der Waals surface area contributed by atoms with Gasteiger partial charge < -0.3 is 4.84 Å². The van der Waals surface area contributed by atoms with Crippen LogP contribution < -0.4 is 0 Å². The number of nitriles is 1. The van der Waals surface area contributed by atoms with Crippen LogP contribution in [0.15, 0.2) is 46.5 Å². The van der Waals surface area contributed by atoms with Crippen molar-refractivity contribution in [3.63, 3.8) is 0 Å². The summed E-state index contributed by atoms with van der Waals surface area (Å²) < 4.78 is 0. The fraction of sp³-hybridized carbons (Fsp3) is 0.0769. The van der Waals surface area contributed by atoms with Crippen molar-refractivity contribution < 1.29 is 4.84 Å². The van der Waals surface area contributed by atoms with Gasteiger partial charge in [-0.1, -0.05) is 40.7 Å². The van der Waals surface area contributed by atoms with Crippen LogP contribution in [0.2, 0.25) is 5.02 Å². The minimum absolute atomic E-state index is 0.606. The summed E-state index contributed by atoms with van der Waals surface area (Å²) in [5, 5.41) is 14.5. The Balaban J connectivity index is 2.36. The molecule has 5 heteroatoms. The average Bonchev–Trinajstić information content (AvgIpc) is 2.82. The van der Waals surface area contributed by atoms with Crippen molar-refractivity contribution in [3.05, 3.63) is 51.9 Å². The molecule has 0 spiro atoms. The molecule has 3 nitrogen and oxygen atoms in total. The molecule has 0 unspecified atom stereocenters. The van der Waals surface area contributed by atoms with Crippen LogP contribution in [0.4, 0.5) is 0 Å². The monoisotopic (exact) mass is 276 g/mol. The molecule has 90 valence electrons. The zero-order valence-corrected chi connectivity index (χ0v) is 11.1. The maximum Gasteiger partial charge on any atom is 0.140 e. The lowest BCUT2D eigenvalue weighted by Crippen LogP contribution is -1.85. The third-order valence-corrected chi connectivity index (χ3v) is 3.50. The van der Waals surface area contributed by atoms with Crippen molar-refractivity contribution in [1.82, 2.24) is 0 Å². The fourth-order valence-electron chi connectivity index (χ4n) is 1.48. The Kier molecular flexibility index (Phi) is 4.08. The Labute approximate surface area is 114 Å². The molecule has 1 aliphatic heterocycles. The molecule has 0 bridgehead atoms. The molecule has 1 aliphatic rings. The predicted molar refractivity (Wildman–Crippen MR) is 75.2 cm³/mol. The van der Waals surface area contributed by atoms with E-state index in [1.807, 2.05) is 24.3 Å². The lowest BCUT2D eigenvalue weighted by atomic mass is 10.1. The number of allylic oxidation sites excluding steroid dienone is 2. The number of nitrogens with zero attached hydrogens (tertiary/aromatic N) is 2. The average molecular weight is 277 g/mol. The molecule has 1 aromatic carbocycles. The highest BCUT2D eigenvalue weighted by Crippen LogP contribution is 2.34. The smallest absolute Gasteiger partial charge is 0.140 e. The molecule has 0 radical (unpaired) electrons. The van der Waals surface area contributed by atoms with E-state index in [2.05, 4.69) is 11.2 Å². The first-order valence-electron chi connectivity index (χ1n) is 5.12. The van der Waals surface area contributed by atoms with Gasteiger partial charge >= 0.3 is 0 Å². The Morgan fingerprint density at radius 1 is 1.33 bits per heavy atom. The summed E-state index contributed by atoms with van der Waals surface area (Å²) in [6.07, 6.45) is 3.67. The van der Waals surface area contributed by atoms with Crippen molar-refractivity contribution in [1.29, 1.82) is 5.26 Å². The second-order valence-electron chi connectivity index (χ2n) is 3.41. The molecule has 1 heterocycles. The maximum absolute atomic E-state index is 9.27. The third-order valence-electron chi connectivity index (χ3n) is 2.26. The van der Waals surface area contributed by atoms with E-state index in [1.54, 1.807) is 12.1 Å². The van der Waals surface area contributed by atoms with Crippen molar-refractivity contribution in [2.45, 2.75) is 0 Å². The summed E-state index contributed by atoms with van der Waals surface area (Å²) in [4.78, 5) is 5.56. The summed E-state index contributed by atoms with van der Waals surface area (Å²) >= 11 is 7.23. The minimum Gasteiger partial charge on any atom is -0.398 e. The highest BCUT2D eigenvalue weighted by Gasteiger charge is 2.15. The van der Waals surface area contributed by atoms with Gasteiger partial charge in [-0.25, -0.2) is 0 Å². The van der Waals surface area contributed by atoms with Gasteiger partial charge in [0.1, 0.15) is 18.2 Å². The third kappa shape index (κ3) is 2.76. The van der Waals surface area contributed by atoms with Gasteiger partial charge in [0.2, 0.25) is 0 Å². The molecular formula is C13H9ClN2OS.